The molecule has 86 valence electrons. The van der Waals surface area contributed by atoms with Crippen molar-refractivity contribution in [2.75, 3.05) is 26.7 Å². The Kier molecular flexibility index (Phi) is 4.32. The summed E-state index contributed by atoms with van der Waals surface area (Å²) < 4.78 is 0. The normalized spacial score (nSPS) is 18.0. The maximum absolute atomic E-state index is 11.6. The van der Waals surface area contributed by atoms with E-state index in [-0.39, 0.29) is 5.91 Å². The molecule has 0 unspecified atom stereocenters. The highest BCUT2D eigenvalue weighted by atomic mass is 32.1. The van der Waals surface area contributed by atoms with Crippen LogP contribution in [-0.2, 0) is 4.79 Å². The first-order valence-corrected chi connectivity index (χ1v) is 5.71. The second-order valence-corrected chi connectivity index (χ2v) is 4.58. The Bertz CT molecular complexity index is 255. The summed E-state index contributed by atoms with van der Waals surface area (Å²) in [7, 11) is 1.84. The van der Waals surface area contributed by atoms with Crippen molar-refractivity contribution in [2.24, 2.45) is 0 Å². The molecule has 1 rings (SSSR count). The molecule has 5 heteroatoms. The lowest BCUT2D eigenvalue weighted by Gasteiger charge is -2.24. The molecule has 1 saturated heterocycles. The molecule has 0 radical (unpaired) electrons. The molecule has 0 spiro atoms. The molecule has 1 N–H and O–H groups in total. The number of rotatable bonds is 1. The number of hydrogen-bond donors (Lipinski definition) is 1. The van der Waals surface area contributed by atoms with E-state index in [4.69, 9.17) is 12.2 Å². The number of thiocarbonyl (C=S) groups is 1. The van der Waals surface area contributed by atoms with Crippen molar-refractivity contribution in [2.45, 2.75) is 26.3 Å². The fourth-order valence-electron chi connectivity index (χ4n) is 1.50. The van der Waals surface area contributed by atoms with Crippen molar-refractivity contribution in [1.82, 2.24) is 15.1 Å². The molecular formula is C10H19N3OS. The van der Waals surface area contributed by atoms with E-state index in [0.717, 1.165) is 19.5 Å². The Morgan fingerprint density at radius 3 is 2.73 bits per heavy atom. The summed E-state index contributed by atoms with van der Waals surface area (Å²) in [5, 5.41) is 3.85. The molecule has 1 aliphatic heterocycles. The number of nitrogens with one attached hydrogen (secondary N) is 1. The van der Waals surface area contributed by atoms with Gasteiger partial charge in [-0.3, -0.25) is 4.79 Å². The van der Waals surface area contributed by atoms with Gasteiger partial charge in [-0.1, -0.05) is 0 Å². The molecule has 1 fully saturated rings. The molecule has 0 aromatic carbocycles. The van der Waals surface area contributed by atoms with Gasteiger partial charge in [0.2, 0.25) is 5.91 Å². The third-order valence-electron chi connectivity index (χ3n) is 2.37. The van der Waals surface area contributed by atoms with Crippen molar-refractivity contribution in [3.05, 3.63) is 0 Å². The lowest BCUT2D eigenvalue weighted by Crippen LogP contribution is -2.45. The van der Waals surface area contributed by atoms with Crippen LogP contribution in [0.2, 0.25) is 0 Å². The van der Waals surface area contributed by atoms with Gasteiger partial charge >= 0.3 is 0 Å². The van der Waals surface area contributed by atoms with Gasteiger partial charge in [-0.2, -0.15) is 0 Å². The Labute approximate surface area is 96.6 Å². The maximum Gasteiger partial charge on any atom is 0.241 e. The predicted molar refractivity (Wildman–Crippen MR) is 64.7 cm³/mol. The molecule has 0 saturated carbocycles. The zero-order chi connectivity index (χ0) is 11.4. The molecule has 4 nitrogen and oxygen atoms in total. The lowest BCUT2D eigenvalue weighted by molar-refractivity contribution is -0.129. The molecule has 1 amide bonds. The molecular weight excluding hydrogens is 210 g/mol. The van der Waals surface area contributed by atoms with Crippen LogP contribution in [0.1, 0.15) is 20.3 Å². The largest absolute Gasteiger partial charge is 0.360 e. The third kappa shape index (κ3) is 3.66. The quantitative estimate of drug-likeness (QED) is 0.662. The van der Waals surface area contributed by atoms with Crippen molar-refractivity contribution >= 4 is 23.2 Å². The van der Waals surface area contributed by atoms with E-state index >= 15 is 0 Å². The number of amides is 1. The zero-order valence-electron chi connectivity index (χ0n) is 9.62. The molecule has 1 aliphatic rings. The van der Waals surface area contributed by atoms with Crippen LogP contribution in [0, 0.1) is 0 Å². The minimum atomic E-state index is 0.139. The minimum Gasteiger partial charge on any atom is -0.360 e. The molecule has 0 atom stereocenters. The van der Waals surface area contributed by atoms with Crippen molar-refractivity contribution in [3.8, 4) is 0 Å². The average molecular weight is 229 g/mol. The van der Waals surface area contributed by atoms with Crippen LogP contribution in [0.5, 0.6) is 0 Å². The monoisotopic (exact) mass is 229 g/mol. The molecule has 0 aromatic rings. The van der Waals surface area contributed by atoms with Gasteiger partial charge in [-0.05, 0) is 32.5 Å². The first-order chi connectivity index (χ1) is 7.00. The van der Waals surface area contributed by atoms with E-state index in [9.17, 15) is 4.79 Å². The molecule has 0 aromatic heterocycles. The van der Waals surface area contributed by atoms with Crippen LogP contribution in [-0.4, -0.2) is 53.5 Å². The van der Waals surface area contributed by atoms with E-state index in [2.05, 4.69) is 5.32 Å². The minimum absolute atomic E-state index is 0.139. The van der Waals surface area contributed by atoms with Gasteiger partial charge in [0.05, 0.1) is 6.54 Å². The zero-order valence-corrected chi connectivity index (χ0v) is 10.4. The third-order valence-corrected chi connectivity index (χ3v) is 2.75. The summed E-state index contributed by atoms with van der Waals surface area (Å²) in [6, 6.07) is 0.314. The first-order valence-electron chi connectivity index (χ1n) is 5.30. The van der Waals surface area contributed by atoms with Crippen LogP contribution >= 0.6 is 12.2 Å². The lowest BCUT2D eigenvalue weighted by atomic mass is 10.4. The smallest absolute Gasteiger partial charge is 0.241 e. The van der Waals surface area contributed by atoms with Gasteiger partial charge in [0.15, 0.2) is 5.11 Å². The number of hydrogen-bond acceptors (Lipinski definition) is 2. The van der Waals surface area contributed by atoms with Crippen molar-refractivity contribution in [1.29, 1.82) is 0 Å². The summed E-state index contributed by atoms with van der Waals surface area (Å²) >= 11 is 5.25. The van der Waals surface area contributed by atoms with Gasteiger partial charge in [0.25, 0.3) is 0 Å². The Hall–Kier alpha value is -0.840. The van der Waals surface area contributed by atoms with E-state index in [1.54, 1.807) is 4.90 Å². The van der Waals surface area contributed by atoms with E-state index in [0.29, 0.717) is 17.7 Å². The van der Waals surface area contributed by atoms with E-state index < -0.39 is 0 Å². The Morgan fingerprint density at radius 1 is 1.47 bits per heavy atom. The fourth-order valence-corrected chi connectivity index (χ4v) is 1.89. The highest BCUT2D eigenvalue weighted by Gasteiger charge is 2.20. The number of carbonyl (C=O) groups is 1. The number of nitrogens with zero attached hydrogens (tertiary/aromatic N) is 2. The molecule has 15 heavy (non-hydrogen) atoms. The standard InChI is InChI=1S/C10H19N3OS/c1-8(2)11-10(15)13-6-4-5-12(3)9(14)7-13/h8H,4-7H2,1-3H3,(H,11,15). The topological polar surface area (TPSA) is 35.6 Å². The van der Waals surface area contributed by atoms with Crippen molar-refractivity contribution < 1.29 is 4.79 Å². The Morgan fingerprint density at radius 2 is 2.13 bits per heavy atom. The van der Waals surface area contributed by atoms with Gasteiger partial charge in [-0.15, -0.1) is 0 Å². The fraction of sp³-hybridized carbons (Fsp3) is 0.800. The van der Waals surface area contributed by atoms with Gasteiger partial charge in [-0.25, -0.2) is 0 Å². The van der Waals surface area contributed by atoms with Crippen LogP contribution in [0.15, 0.2) is 0 Å². The SMILES string of the molecule is CC(C)NC(=S)N1CCCN(C)C(=O)C1. The summed E-state index contributed by atoms with van der Waals surface area (Å²) in [5.74, 6) is 0.139. The summed E-state index contributed by atoms with van der Waals surface area (Å²) in [4.78, 5) is 15.3. The van der Waals surface area contributed by atoms with Crippen LogP contribution in [0.25, 0.3) is 0 Å². The van der Waals surface area contributed by atoms with E-state index in [1.807, 2.05) is 25.8 Å². The maximum atomic E-state index is 11.6. The average Bonchev–Trinajstić information content (AvgIpc) is 2.28. The Balaban J connectivity index is 2.54. The first kappa shape index (κ1) is 12.2. The predicted octanol–water partition coefficient (Wildman–Crippen LogP) is 0.433. The number of carbonyl (C=O) groups excluding carboxylic acids is 1. The number of likely N-dealkylation sites (N-methyl/N-ethyl adjacent to an activating group) is 1. The van der Waals surface area contributed by atoms with Gasteiger partial charge < -0.3 is 15.1 Å². The van der Waals surface area contributed by atoms with Crippen LogP contribution < -0.4 is 5.32 Å². The molecule has 0 bridgehead atoms. The van der Waals surface area contributed by atoms with Crippen molar-refractivity contribution in [3.63, 3.8) is 0 Å². The summed E-state index contributed by atoms with van der Waals surface area (Å²) in [6.45, 7) is 6.15. The van der Waals surface area contributed by atoms with Crippen LogP contribution in [0.3, 0.4) is 0 Å². The molecule has 1 heterocycles. The van der Waals surface area contributed by atoms with E-state index in [1.165, 1.54) is 0 Å². The second-order valence-electron chi connectivity index (χ2n) is 4.19. The second kappa shape index (κ2) is 5.30. The van der Waals surface area contributed by atoms with Gasteiger partial charge in [0, 0.05) is 26.2 Å². The highest BCUT2D eigenvalue weighted by molar-refractivity contribution is 7.80. The van der Waals surface area contributed by atoms with Crippen LogP contribution in [0.4, 0.5) is 0 Å². The molecule has 0 aliphatic carbocycles. The summed E-state index contributed by atoms with van der Waals surface area (Å²) in [6.07, 6.45) is 0.974. The van der Waals surface area contributed by atoms with Gasteiger partial charge in [0.1, 0.15) is 0 Å². The highest BCUT2D eigenvalue weighted by Crippen LogP contribution is 2.03. The summed E-state index contributed by atoms with van der Waals surface area (Å²) in [5.41, 5.74) is 0.